The topological polar surface area (TPSA) is 96.6 Å². The molecule has 42 heavy (non-hydrogen) atoms. The summed E-state index contributed by atoms with van der Waals surface area (Å²) in [4.78, 5) is 4.30. The molecule has 0 saturated carbocycles. The standard InChI is InChI=1S/C34H46N2O3.BH2O2/c1-5-7-21-36(22-24-37)33(26-38)28-13-15-29(16-14-28)34(32(6-2)27-11-9-8-10-12-27)30-17-19-31(20-18-30)39-25-23-35(3)4;2-1-3/h8-20,33,37-38H,5-7,21-26H2,1-4H3;2-3H. The molecule has 4 N–H and O–H groups in total. The van der Waals surface area contributed by atoms with Gasteiger partial charge in [0, 0.05) is 13.1 Å². The fourth-order valence-corrected chi connectivity index (χ4v) is 4.96. The summed E-state index contributed by atoms with van der Waals surface area (Å²) in [5, 5.41) is 33.9. The first-order chi connectivity index (χ1) is 20.4. The highest BCUT2D eigenvalue weighted by molar-refractivity contribution is 6.13. The molecule has 0 bridgehead atoms. The number of nitrogens with zero attached hydrogens (tertiary/aromatic N) is 2. The normalized spacial score (nSPS) is 12.4. The lowest BCUT2D eigenvalue weighted by atomic mass is 9.87. The van der Waals surface area contributed by atoms with E-state index in [4.69, 9.17) is 14.8 Å². The van der Waals surface area contributed by atoms with Crippen LogP contribution < -0.4 is 4.74 Å². The minimum atomic E-state index is -0.136. The molecule has 0 aromatic heterocycles. The van der Waals surface area contributed by atoms with Gasteiger partial charge in [0.2, 0.25) is 0 Å². The molecule has 3 rings (SSSR count). The summed E-state index contributed by atoms with van der Waals surface area (Å²) in [6, 6.07) is 27.5. The molecule has 3 aromatic carbocycles. The van der Waals surface area contributed by atoms with Crippen LogP contribution in [0.5, 0.6) is 5.75 Å². The number of aliphatic hydroxyl groups excluding tert-OH is 2. The average Bonchev–Trinajstić information content (AvgIpc) is 3.00. The van der Waals surface area contributed by atoms with Crippen LogP contribution in [0.25, 0.3) is 11.1 Å². The van der Waals surface area contributed by atoms with E-state index in [1.54, 1.807) is 0 Å². The molecule has 8 heteroatoms. The molecule has 227 valence electrons. The van der Waals surface area contributed by atoms with Crippen LogP contribution in [-0.4, -0.2) is 91.3 Å². The summed E-state index contributed by atoms with van der Waals surface area (Å²) < 4.78 is 5.95. The van der Waals surface area contributed by atoms with E-state index in [0.29, 0.717) is 13.2 Å². The largest absolute Gasteiger partial charge is 0.492 e. The zero-order chi connectivity index (χ0) is 30.7. The Hall–Kier alpha value is -2.98. The molecule has 0 amide bonds. The van der Waals surface area contributed by atoms with Gasteiger partial charge in [0.25, 0.3) is 0 Å². The lowest BCUT2D eigenvalue weighted by Crippen LogP contribution is -2.34. The fraction of sp³-hybridized carbons (Fsp3) is 0.412. The number of benzene rings is 3. The van der Waals surface area contributed by atoms with E-state index in [1.165, 1.54) is 16.7 Å². The summed E-state index contributed by atoms with van der Waals surface area (Å²) in [6.45, 7) is 7.39. The van der Waals surface area contributed by atoms with Gasteiger partial charge in [-0.2, -0.15) is 0 Å². The highest BCUT2D eigenvalue weighted by Crippen LogP contribution is 2.36. The lowest BCUT2D eigenvalue weighted by Gasteiger charge is -2.30. The zero-order valence-electron chi connectivity index (χ0n) is 25.6. The summed E-state index contributed by atoms with van der Waals surface area (Å²) in [5.41, 5.74) is 7.05. The zero-order valence-corrected chi connectivity index (χ0v) is 25.6. The minimum absolute atomic E-state index is 0. The third-order valence-electron chi connectivity index (χ3n) is 7.11. The molecule has 0 aliphatic heterocycles. The van der Waals surface area contributed by atoms with Crippen LogP contribution in [0.3, 0.4) is 0 Å². The van der Waals surface area contributed by atoms with Gasteiger partial charge >= 0.3 is 7.69 Å². The Kier molecular flexibility index (Phi) is 16.8. The first kappa shape index (κ1) is 35.2. The molecule has 0 aliphatic carbocycles. The third-order valence-corrected chi connectivity index (χ3v) is 7.11. The van der Waals surface area contributed by atoms with Crippen molar-refractivity contribution < 1.29 is 25.0 Å². The van der Waals surface area contributed by atoms with Crippen molar-refractivity contribution in [1.82, 2.24) is 9.80 Å². The maximum Gasteiger partial charge on any atom is 0.482 e. The summed E-state index contributed by atoms with van der Waals surface area (Å²) in [5.74, 6) is 0.870. The third kappa shape index (κ3) is 11.0. The van der Waals surface area contributed by atoms with Crippen molar-refractivity contribution in [1.29, 1.82) is 0 Å². The van der Waals surface area contributed by atoms with E-state index < -0.39 is 0 Å². The molecule has 0 aliphatic rings. The van der Waals surface area contributed by atoms with Crippen molar-refractivity contribution >= 4 is 18.8 Å². The molecule has 0 spiro atoms. The molecule has 3 aromatic rings. The van der Waals surface area contributed by atoms with Crippen LogP contribution in [0, 0.1) is 0 Å². The number of likely N-dealkylation sites (N-methyl/N-ethyl adjacent to an activating group) is 1. The second-order valence-corrected chi connectivity index (χ2v) is 10.3. The summed E-state index contributed by atoms with van der Waals surface area (Å²) >= 11 is 0. The van der Waals surface area contributed by atoms with Crippen LogP contribution in [0.15, 0.2) is 78.9 Å². The monoisotopic (exact) mass is 575 g/mol. The SMILES string of the molecule is CCCCN(CCO)C(CO)c1ccc(C(=C(CC)c2ccccc2)c2ccc(OCCN(C)C)cc2)cc1.O[B]O. The first-order valence-electron chi connectivity index (χ1n) is 14.8. The fourth-order valence-electron chi connectivity index (χ4n) is 4.96. The Morgan fingerprint density at radius 2 is 1.38 bits per heavy atom. The van der Waals surface area contributed by atoms with Crippen LogP contribution in [0.2, 0.25) is 0 Å². The minimum Gasteiger partial charge on any atom is -0.492 e. The Bertz CT molecular complexity index is 1150. The molecule has 0 saturated heterocycles. The number of hydrogen-bond donors (Lipinski definition) is 4. The number of aliphatic hydroxyl groups is 2. The van der Waals surface area contributed by atoms with Crippen molar-refractivity contribution in [2.24, 2.45) is 0 Å². The number of allylic oxidation sites excluding steroid dienone is 1. The van der Waals surface area contributed by atoms with Gasteiger partial charge in [-0.05, 0) is 79.0 Å². The van der Waals surface area contributed by atoms with E-state index >= 15 is 0 Å². The predicted octanol–water partition coefficient (Wildman–Crippen LogP) is 4.63. The van der Waals surface area contributed by atoms with E-state index in [0.717, 1.165) is 54.8 Å². The van der Waals surface area contributed by atoms with Crippen molar-refractivity contribution in [3.63, 3.8) is 0 Å². The first-order valence-corrected chi connectivity index (χ1v) is 14.8. The molecule has 1 unspecified atom stereocenters. The number of unbranched alkanes of at least 4 members (excludes halogenated alkanes) is 1. The lowest BCUT2D eigenvalue weighted by molar-refractivity contribution is 0.100. The van der Waals surface area contributed by atoms with Gasteiger partial charge in [-0.25, -0.2) is 0 Å². The van der Waals surface area contributed by atoms with Gasteiger partial charge < -0.3 is 29.9 Å². The Morgan fingerprint density at radius 1 is 0.786 bits per heavy atom. The predicted molar refractivity (Wildman–Crippen MR) is 173 cm³/mol. The molecule has 1 atom stereocenters. The quantitative estimate of drug-likeness (QED) is 0.146. The number of ether oxygens (including phenoxy) is 1. The Labute approximate surface area is 253 Å². The molecular weight excluding hydrogens is 527 g/mol. The number of rotatable bonds is 16. The van der Waals surface area contributed by atoms with Gasteiger partial charge in [0.1, 0.15) is 12.4 Å². The van der Waals surface area contributed by atoms with E-state index in [9.17, 15) is 10.2 Å². The van der Waals surface area contributed by atoms with E-state index in [2.05, 4.69) is 103 Å². The van der Waals surface area contributed by atoms with E-state index in [-0.39, 0.29) is 26.9 Å². The van der Waals surface area contributed by atoms with Crippen molar-refractivity contribution in [3.05, 3.63) is 101 Å². The highest BCUT2D eigenvalue weighted by Gasteiger charge is 2.20. The second-order valence-electron chi connectivity index (χ2n) is 10.3. The molecular formula is C34H48BN2O5. The molecule has 0 fully saturated rings. The van der Waals surface area contributed by atoms with Gasteiger partial charge in [0.05, 0.1) is 19.3 Å². The van der Waals surface area contributed by atoms with Crippen molar-refractivity contribution in [2.75, 3.05) is 53.6 Å². The average molecular weight is 576 g/mol. The summed E-state index contributed by atoms with van der Waals surface area (Å²) in [7, 11) is 4.09. The van der Waals surface area contributed by atoms with Gasteiger partial charge in [-0.3, -0.25) is 4.90 Å². The Balaban J connectivity index is 0.00000197. The maximum absolute atomic E-state index is 10.3. The van der Waals surface area contributed by atoms with Gasteiger partial charge in [-0.1, -0.05) is 87.0 Å². The maximum atomic E-state index is 10.3. The highest BCUT2D eigenvalue weighted by atomic mass is 16.5. The van der Waals surface area contributed by atoms with Gasteiger partial charge in [0.15, 0.2) is 0 Å². The van der Waals surface area contributed by atoms with Crippen LogP contribution >= 0.6 is 0 Å². The second kappa shape index (κ2) is 20.0. The number of hydrogen-bond acceptors (Lipinski definition) is 7. The molecule has 1 radical (unpaired) electrons. The van der Waals surface area contributed by atoms with Crippen molar-refractivity contribution in [2.45, 2.75) is 39.2 Å². The van der Waals surface area contributed by atoms with Crippen LogP contribution in [0.1, 0.15) is 61.4 Å². The van der Waals surface area contributed by atoms with Crippen molar-refractivity contribution in [3.8, 4) is 5.75 Å². The van der Waals surface area contributed by atoms with Gasteiger partial charge in [-0.15, -0.1) is 0 Å². The molecule has 0 heterocycles. The van der Waals surface area contributed by atoms with Crippen LogP contribution in [0.4, 0.5) is 0 Å². The van der Waals surface area contributed by atoms with E-state index in [1.807, 2.05) is 14.1 Å². The summed E-state index contributed by atoms with van der Waals surface area (Å²) in [6.07, 6.45) is 3.00. The Morgan fingerprint density at radius 3 is 1.88 bits per heavy atom. The van der Waals surface area contributed by atoms with Crippen LogP contribution in [-0.2, 0) is 0 Å². The smallest absolute Gasteiger partial charge is 0.482 e. The molecule has 7 nitrogen and oxygen atoms in total.